The van der Waals surface area contributed by atoms with E-state index in [0.29, 0.717) is 13.1 Å². The molecule has 1 aromatic carbocycles. The summed E-state index contributed by atoms with van der Waals surface area (Å²) in [4.78, 5) is 14.0. The number of para-hydroxylation sites is 1. The van der Waals surface area contributed by atoms with Gasteiger partial charge < -0.3 is 20.6 Å². The predicted molar refractivity (Wildman–Crippen MR) is 89.2 cm³/mol. The molecular weight excluding hydrogens is 278 g/mol. The quantitative estimate of drug-likeness (QED) is 0.687. The van der Waals surface area contributed by atoms with E-state index in [2.05, 4.69) is 41.5 Å². The van der Waals surface area contributed by atoms with Crippen LogP contribution in [0.1, 0.15) is 25.3 Å². The number of nitrogens with one attached hydrogen (secondary N) is 2. The molecule has 1 fully saturated rings. The number of aryl methyl sites for hydroxylation is 1. The van der Waals surface area contributed by atoms with Crippen molar-refractivity contribution in [3.8, 4) is 0 Å². The van der Waals surface area contributed by atoms with Crippen LogP contribution in [0.2, 0.25) is 0 Å². The number of amides is 2. The number of carbonyl (C=O) groups excluding carboxylic acids is 1. The van der Waals surface area contributed by atoms with Crippen molar-refractivity contribution in [2.24, 2.45) is 5.41 Å². The first kappa shape index (κ1) is 16.6. The number of aliphatic hydroxyl groups is 1. The molecule has 0 aromatic heterocycles. The van der Waals surface area contributed by atoms with Gasteiger partial charge in [0.25, 0.3) is 0 Å². The zero-order valence-electron chi connectivity index (χ0n) is 13.6. The minimum absolute atomic E-state index is 0.0477. The van der Waals surface area contributed by atoms with Crippen molar-refractivity contribution in [1.29, 1.82) is 0 Å². The Morgan fingerprint density at radius 3 is 2.64 bits per heavy atom. The Morgan fingerprint density at radius 1 is 1.32 bits per heavy atom. The predicted octanol–water partition coefficient (Wildman–Crippen LogP) is 1.89. The maximum absolute atomic E-state index is 11.8. The summed E-state index contributed by atoms with van der Waals surface area (Å²) in [6, 6.07) is 8.13. The highest BCUT2D eigenvalue weighted by molar-refractivity contribution is 5.74. The summed E-state index contributed by atoms with van der Waals surface area (Å²) in [5, 5.41) is 15.0. The number of nitrogens with zero attached hydrogens (tertiary/aromatic N) is 1. The highest BCUT2D eigenvalue weighted by atomic mass is 16.3. The summed E-state index contributed by atoms with van der Waals surface area (Å²) in [5.74, 6) is 0. The Morgan fingerprint density at radius 2 is 2.05 bits per heavy atom. The summed E-state index contributed by atoms with van der Waals surface area (Å²) >= 11 is 0. The van der Waals surface area contributed by atoms with Gasteiger partial charge in [-0.15, -0.1) is 0 Å². The average Bonchev–Trinajstić information content (AvgIpc) is 3.31. The lowest BCUT2D eigenvalue weighted by atomic mass is 10.1. The van der Waals surface area contributed by atoms with Gasteiger partial charge in [-0.2, -0.15) is 0 Å². The lowest BCUT2D eigenvalue weighted by Crippen LogP contribution is -2.42. The second-order valence-corrected chi connectivity index (χ2v) is 6.13. The molecule has 0 atom stereocenters. The molecule has 1 saturated carbocycles. The van der Waals surface area contributed by atoms with E-state index >= 15 is 0 Å². The fourth-order valence-corrected chi connectivity index (χ4v) is 2.57. The number of hydrogen-bond acceptors (Lipinski definition) is 3. The molecule has 5 heteroatoms. The standard InChI is InChI=1S/C17H27N3O2/c1-3-20(15-7-5-4-6-14(15)2)11-10-18-16(22)19-12-17(13-21)8-9-17/h4-7,21H,3,8-13H2,1-2H3,(H2,18,19,22). The van der Waals surface area contributed by atoms with Crippen LogP contribution in [0.4, 0.5) is 10.5 Å². The Kier molecular flexibility index (Phi) is 5.66. The van der Waals surface area contributed by atoms with E-state index in [1.54, 1.807) is 0 Å². The first-order valence-corrected chi connectivity index (χ1v) is 8.03. The number of anilines is 1. The van der Waals surface area contributed by atoms with E-state index in [-0.39, 0.29) is 18.1 Å². The van der Waals surface area contributed by atoms with Crippen LogP contribution in [-0.4, -0.2) is 43.9 Å². The number of urea groups is 1. The number of hydrogen-bond donors (Lipinski definition) is 3. The Hall–Kier alpha value is -1.75. The summed E-state index contributed by atoms with van der Waals surface area (Å²) in [7, 11) is 0. The van der Waals surface area contributed by atoms with Crippen molar-refractivity contribution >= 4 is 11.7 Å². The fourth-order valence-electron chi connectivity index (χ4n) is 2.57. The first-order valence-electron chi connectivity index (χ1n) is 8.03. The Bertz CT molecular complexity index is 500. The van der Waals surface area contributed by atoms with Crippen LogP contribution in [-0.2, 0) is 0 Å². The summed E-state index contributed by atoms with van der Waals surface area (Å²) in [6.45, 7) is 7.21. The van der Waals surface area contributed by atoms with Crippen LogP contribution in [0.25, 0.3) is 0 Å². The molecule has 2 rings (SSSR count). The maximum atomic E-state index is 11.8. The number of aliphatic hydroxyl groups excluding tert-OH is 1. The van der Waals surface area contributed by atoms with Gasteiger partial charge in [0.1, 0.15) is 0 Å². The largest absolute Gasteiger partial charge is 0.396 e. The van der Waals surface area contributed by atoms with Crippen LogP contribution in [0.5, 0.6) is 0 Å². The molecule has 22 heavy (non-hydrogen) atoms. The van der Waals surface area contributed by atoms with Crippen molar-refractivity contribution in [2.45, 2.75) is 26.7 Å². The number of carbonyl (C=O) groups is 1. The average molecular weight is 305 g/mol. The van der Waals surface area contributed by atoms with Crippen LogP contribution in [0.3, 0.4) is 0 Å². The van der Waals surface area contributed by atoms with Crippen LogP contribution < -0.4 is 15.5 Å². The van der Waals surface area contributed by atoms with Gasteiger partial charge in [-0.3, -0.25) is 0 Å². The minimum atomic E-state index is -0.152. The Labute approximate surface area is 132 Å². The molecular formula is C17H27N3O2. The van der Waals surface area contributed by atoms with Gasteiger partial charge in [-0.25, -0.2) is 4.79 Å². The smallest absolute Gasteiger partial charge is 0.314 e. The monoisotopic (exact) mass is 305 g/mol. The second kappa shape index (κ2) is 7.49. The molecule has 1 aliphatic rings. The van der Waals surface area contributed by atoms with Gasteiger partial charge >= 0.3 is 6.03 Å². The van der Waals surface area contributed by atoms with Crippen molar-refractivity contribution in [1.82, 2.24) is 10.6 Å². The van der Waals surface area contributed by atoms with Crippen LogP contribution >= 0.6 is 0 Å². The van der Waals surface area contributed by atoms with E-state index in [1.807, 2.05) is 12.1 Å². The van der Waals surface area contributed by atoms with E-state index in [9.17, 15) is 9.90 Å². The molecule has 1 aliphatic carbocycles. The third kappa shape index (κ3) is 4.37. The molecule has 0 saturated heterocycles. The third-order valence-corrected chi connectivity index (χ3v) is 4.42. The molecule has 0 aliphatic heterocycles. The molecule has 5 nitrogen and oxygen atoms in total. The molecule has 2 amide bonds. The van der Waals surface area contributed by atoms with E-state index in [0.717, 1.165) is 25.9 Å². The van der Waals surface area contributed by atoms with E-state index in [1.165, 1.54) is 11.3 Å². The number of likely N-dealkylation sites (N-methyl/N-ethyl adjacent to an activating group) is 1. The van der Waals surface area contributed by atoms with Crippen molar-refractivity contribution in [2.75, 3.05) is 37.7 Å². The van der Waals surface area contributed by atoms with E-state index in [4.69, 9.17) is 0 Å². The molecule has 0 bridgehead atoms. The fraction of sp³-hybridized carbons (Fsp3) is 0.588. The van der Waals surface area contributed by atoms with Gasteiger partial charge in [0.05, 0.1) is 6.61 Å². The molecule has 0 unspecified atom stereocenters. The van der Waals surface area contributed by atoms with Crippen molar-refractivity contribution in [3.63, 3.8) is 0 Å². The van der Waals surface area contributed by atoms with Gasteiger partial charge in [0.15, 0.2) is 0 Å². The third-order valence-electron chi connectivity index (χ3n) is 4.42. The van der Waals surface area contributed by atoms with Crippen LogP contribution in [0.15, 0.2) is 24.3 Å². The molecule has 1 aromatic rings. The molecule has 0 radical (unpaired) electrons. The van der Waals surface area contributed by atoms with Crippen molar-refractivity contribution < 1.29 is 9.90 Å². The minimum Gasteiger partial charge on any atom is -0.396 e. The summed E-state index contributed by atoms with van der Waals surface area (Å²) in [5.41, 5.74) is 2.41. The normalized spacial score (nSPS) is 15.2. The lowest BCUT2D eigenvalue weighted by Gasteiger charge is -2.25. The van der Waals surface area contributed by atoms with Gasteiger partial charge in [-0.1, -0.05) is 18.2 Å². The van der Waals surface area contributed by atoms with Crippen molar-refractivity contribution in [3.05, 3.63) is 29.8 Å². The number of benzene rings is 1. The van der Waals surface area contributed by atoms with E-state index < -0.39 is 0 Å². The zero-order chi connectivity index (χ0) is 16.0. The van der Waals surface area contributed by atoms with Gasteiger partial charge in [-0.05, 0) is 38.3 Å². The topological polar surface area (TPSA) is 64.6 Å². The zero-order valence-corrected chi connectivity index (χ0v) is 13.6. The van der Waals surface area contributed by atoms with Crippen LogP contribution in [0, 0.1) is 12.3 Å². The summed E-state index contributed by atoms with van der Waals surface area (Å²) < 4.78 is 0. The highest BCUT2D eigenvalue weighted by Crippen LogP contribution is 2.44. The molecule has 3 N–H and O–H groups in total. The van der Waals surface area contributed by atoms with Gasteiger partial charge in [0, 0.05) is 37.3 Å². The second-order valence-electron chi connectivity index (χ2n) is 6.13. The highest BCUT2D eigenvalue weighted by Gasteiger charge is 2.42. The lowest BCUT2D eigenvalue weighted by molar-refractivity contribution is 0.203. The Balaban J connectivity index is 1.72. The summed E-state index contributed by atoms with van der Waals surface area (Å²) in [6.07, 6.45) is 2.00. The SMILES string of the molecule is CCN(CCNC(=O)NCC1(CO)CC1)c1ccccc1C. The first-order chi connectivity index (χ1) is 10.6. The maximum Gasteiger partial charge on any atom is 0.314 e. The van der Waals surface area contributed by atoms with Gasteiger partial charge in [0.2, 0.25) is 0 Å². The molecule has 0 spiro atoms. The molecule has 0 heterocycles. The number of rotatable bonds is 8. The molecule has 122 valence electrons.